The summed E-state index contributed by atoms with van der Waals surface area (Å²) in [6.45, 7) is 0.200. The molecule has 9 heteroatoms. The zero-order valence-corrected chi connectivity index (χ0v) is 15.5. The van der Waals surface area contributed by atoms with Crippen molar-refractivity contribution in [2.45, 2.75) is 0 Å². The Balaban J connectivity index is 1.32. The van der Waals surface area contributed by atoms with Gasteiger partial charge in [0.15, 0.2) is 16.6 Å². The van der Waals surface area contributed by atoms with Gasteiger partial charge in [-0.05, 0) is 30.3 Å². The van der Waals surface area contributed by atoms with E-state index in [-0.39, 0.29) is 12.6 Å². The van der Waals surface area contributed by atoms with E-state index in [1.165, 1.54) is 29.5 Å². The molecule has 0 saturated carbocycles. The summed E-state index contributed by atoms with van der Waals surface area (Å²) < 4.78 is 29.1. The van der Waals surface area contributed by atoms with Gasteiger partial charge in [-0.1, -0.05) is 17.3 Å². The predicted molar refractivity (Wildman–Crippen MR) is 104 cm³/mol. The van der Waals surface area contributed by atoms with Crippen molar-refractivity contribution < 1.29 is 23.2 Å². The topological polar surface area (TPSA) is 86.5 Å². The Kier molecular flexibility index (Phi) is 4.21. The minimum atomic E-state index is -0.494. The van der Waals surface area contributed by atoms with Crippen molar-refractivity contribution in [2.75, 3.05) is 12.1 Å². The molecule has 3 heterocycles. The first-order valence-electron chi connectivity index (χ1n) is 8.55. The van der Waals surface area contributed by atoms with Gasteiger partial charge in [-0.3, -0.25) is 10.1 Å². The van der Waals surface area contributed by atoms with E-state index in [0.29, 0.717) is 33.6 Å². The number of nitrogens with one attached hydrogen (secondary N) is 1. The molecule has 7 nitrogen and oxygen atoms in total. The standard InChI is InChI=1S/C20H12FN3O4S/c21-13-3-1-2-11(6-13)14-8-18(28-24-14)19(25)23-20-22-15(9-29-20)12-4-5-16-17(7-12)27-10-26-16/h1-9H,10H2,(H,22,23,25). The Morgan fingerprint density at radius 3 is 2.79 bits per heavy atom. The highest BCUT2D eigenvalue weighted by Gasteiger charge is 2.18. The van der Waals surface area contributed by atoms with E-state index in [4.69, 9.17) is 14.0 Å². The SMILES string of the molecule is O=C(Nc1nc(-c2ccc3c(c2)OCO3)cs1)c1cc(-c2cccc(F)c2)no1. The summed E-state index contributed by atoms with van der Waals surface area (Å²) in [4.78, 5) is 16.9. The van der Waals surface area contributed by atoms with Crippen LogP contribution in [-0.2, 0) is 0 Å². The van der Waals surface area contributed by atoms with Crippen LogP contribution in [0.3, 0.4) is 0 Å². The third kappa shape index (κ3) is 3.43. The van der Waals surface area contributed by atoms with Crippen LogP contribution in [0.1, 0.15) is 10.6 Å². The first kappa shape index (κ1) is 17.4. The third-order valence-electron chi connectivity index (χ3n) is 4.25. The second-order valence-electron chi connectivity index (χ2n) is 6.15. The number of hydrogen-bond acceptors (Lipinski definition) is 7. The molecule has 144 valence electrons. The van der Waals surface area contributed by atoms with Crippen molar-refractivity contribution in [3.63, 3.8) is 0 Å². The number of thiazole rings is 1. The third-order valence-corrected chi connectivity index (χ3v) is 5.01. The maximum Gasteiger partial charge on any atom is 0.296 e. The van der Waals surface area contributed by atoms with E-state index >= 15 is 0 Å². The Hall–Kier alpha value is -3.72. The summed E-state index contributed by atoms with van der Waals surface area (Å²) in [5.41, 5.74) is 2.43. The van der Waals surface area contributed by atoms with E-state index in [1.807, 2.05) is 23.6 Å². The summed E-state index contributed by atoms with van der Waals surface area (Å²) in [5.74, 6) is 0.468. The first-order chi connectivity index (χ1) is 14.2. The Morgan fingerprint density at radius 2 is 1.90 bits per heavy atom. The normalized spacial score (nSPS) is 12.2. The largest absolute Gasteiger partial charge is 0.454 e. The number of benzene rings is 2. The number of nitrogens with zero attached hydrogens (tertiary/aromatic N) is 2. The van der Waals surface area contributed by atoms with Crippen molar-refractivity contribution in [1.82, 2.24) is 10.1 Å². The van der Waals surface area contributed by atoms with Gasteiger partial charge in [-0.25, -0.2) is 9.37 Å². The molecule has 0 saturated heterocycles. The van der Waals surface area contributed by atoms with Gasteiger partial charge in [-0.15, -0.1) is 11.3 Å². The van der Waals surface area contributed by atoms with Crippen LogP contribution < -0.4 is 14.8 Å². The monoisotopic (exact) mass is 409 g/mol. The lowest BCUT2D eigenvalue weighted by molar-refractivity contribution is 0.0988. The van der Waals surface area contributed by atoms with Gasteiger partial charge in [-0.2, -0.15) is 0 Å². The molecule has 0 unspecified atom stereocenters. The summed E-state index contributed by atoms with van der Waals surface area (Å²) in [5, 5.41) is 8.75. The fraction of sp³-hybridized carbons (Fsp3) is 0.0500. The van der Waals surface area contributed by atoms with Gasteiger partial charge in [0.1, 0.15) is 11.5 Å². The molecule has 0 spiro atoms. The number of carbonyl (C=O) groups excluding carboxylic acids is 1. The average Bonchev–Trinajstić information content (AvgIpc) is 3.47. The molecule has 0 atom stereocenters. The quantitative estimate of drug-likeness (QED) is 0.531. The molecule has 5 rings (SSSR count). The molecule has 2 aromatic carbocycles. The van der Waals surface area contributed by atoms with Crippen LogP contribution in [0.25, 0.3) is 22.5 Å². The van der Waals surface area contributed by atoms with Crippen LogP contribution in [0.4, 0.5) is 9.52 Å². The number of rotatable bonds is 4. The van der Waals surface area contributed by atoms with Crippen LogP contribution >= 0.6 is 11.3 Å². The van der Waals surface area contributed by atoms with E-state index in [2.05, 4.69) is 15.5 Å². The molecule has 1 amide bonds. The molecule has 4 aromatic rings. The minimum Gasteiger partial charge on any atom is -0.454 e. The lowest BCUT2D eigenvalue weighted by Crippen LogP contribution is -2.10. The number of amides is 1. The maximum absolute atomic E-state index is 13.4. The second-order valence-corrected chi connectivity index (χ2v) is 7.00. The number of aromatic nitrogens is 2. The van der Waals surface area contributed by atoms with E-state index < -0.39 is 11.7 Å². The van der Waals surface area contributed by atoms with Crippen molar-refractivity contribution in [2.24, 2.45) is 0 Å². The molecule has 0 aliphatic carbocycles. The fourth-order valence-electron chi connectivity index (χ4n) is 2.84. The molecule has 1 aliphatic heterocycles. The number of fused-ring (bicyclic) bond motifs is 1. The van der Waals surface area contributed by atoms with E-state index in [9.17, 15) is 9.18 Å². The number of ether oxygens (including phenoxy) is 2. The van der Waals surface area contributed by atoms with E-state index in [1.54, 1.807) is 12.1 Å². The summed E-state index contributed by atoms with van der Waals surface area (Å²) in [6, 6.07) is 12.9. The van der Waals surface area contributed by atoms with Crippen LogP contribution in [0.5, 0.6) is 11.5 Å². The highest BCUT2D eigenvalue weighted by Crippen LogP contribution is 2.36. The Labute approximate surface area is 167 Å². The van der Waals surface area contributed by atoms with Gasteiger partial charge in [0, 0.05) is 22.6 Å². The lowest BCUT2D eigenvalue weighted by Gasteiger charge is -2.00. The number of carbonyl (C=O) groups is 1. The van der Waals surface area contributed by atoms with Crippen LogP contribution in [0, 0.1) is 5.82 Å². The van der Waals surface area contributed by atoms with Crippen molar-refractivity contribution in [1.29, 1.82) is 0 Å². The summed E-state index contributed by atoms with van der Waals surface area (Å²) >= 11 is 1.28. The van der Waals surface area contributed by atoms with Gasteiger partial charge < -0.3 is 14.0 Å². The molecule has 1 aliphatic rings. The average molecular weight is 409 g/mol. The maximum atomic E-state index is 13.4. The number of hydrogen-bond donors (Lipinski definition) is 1. The van der Waals surface area contributed by atoms with Gasteiger partial charge in [0.05, 0.1) is 5.69 Å². The van der Waals surface area contributed by atoms with Crippen molar-refractivity contribution >= 4 is 22.4 Å². The zero-order chi connectivity index (χ0) is 19.8. The molecule has 2 aromatic heterocycles. The minimum absolute atomic E-state index is 0.00379. The summed E-state index contributed by atoms with van der Waals surface area (Å²) in [6.07, 6.45) is 0. The summed E-state index contributed by atoms with van der Waals surface area (Å²) in [7, 11) is 0. The first-order valence-corrected chi connectivity index (χ1v) is 9.43. The Morgan fingerprint density at radius 1 is 1.03 bits per heavy atom. The molecular weight excluding hydrogens is 397 g/mol. The van der Waals surface area contributed by atoms with Crippen LogP contribution in [-0.4, -0.2) is 22.8 Å². The number of halogens is 1. The number of anilines is 1. The van der Waals surface area contributed by atoms with E-state index in [0.717, 1.165) is 5.56 Å². The smallest absolute Gasteiger partial charge is 0.296 e. The molecule has 0 bridgehead atoms. The molecule has 0 radical (unpaired) electrons. The molecule has 0 fully saturated rings. The predicted octanol–water partition coefficient (Wildman–Crippen LogP) is 4.59. The van der Waals surface area contributed by atoms with Crippen molar-refractivity contribution in [3.05, 3.63) is 65.5 Å². The van der Waals surface area contributed by atoms with Gasteiger partial charge in [0.25, 0.3) is 5.91 Å². The highest BCUT2D eigenvalue weighted by molar-refractivity contribution is 7.14. The molecular formula is C20H12FN3O4S. The van der Waals surface area contributed by atoms with Gasteiger partial charge in [0.2, 0.25) is 12.6 Å². The molecule has 29 heavy (non-hydrogen) atoms. The van der Waals surface area contributed by atoms with Gasteiger partial charge >= 0.3 is 0 Å². The second kappa shape index (κ2) is 7.02. The zero-order valence-electron chi connectivity index (χ0n) is 14.7. The fourth-order valence-corrected chi connectivity index (χ4v) is 3.56. The highest BCUT2D eigenvalue weighted by atomic mass is 32.1. The van der Waals surface area contributed by atoms with Crippen molar-refractivity contribution in [3.8, 4) is 34.0 Å². The Bertz CT molecular complexity index is 1220. The van der Waals surface area contributed by atoms with Crippen LogP contribution in [0.15, 0.2) is 58.4 Å². The lowest BCUT2D eigenvalue weighted by atomic mass is 10.1. The molecule has 1 N–H and O–H groups in total. The van der Waals surface area contributed by atoms with Crippen LogP contribution in [0.2, 0.25) is 0 Å².